The normalized spacial score (nSPS) is 18.6. The van der Waals surface area contributed by atoms with E-state index in [1.165, 1.54) is 4.70 Å². The number of nitrogens with one attached hydrogen (secondary N) is 2. The molecular weight excluding hydrogens is 384 g/mol. The molecule has 0 saturated carbocycles. The Balaban J connectivity index is 1.59. The summed E-state index contributed by atoms with van der Waals surface area (Å²) in [6.07, 6.45) is 2.07. The minimum Gasteiger partial charge on any atom is -0.347 e. The maximum atomic E-state index is 12.9. The van der Waals surface area contributed by atoms with Crippen molar-refractivity contribution in [1.29, 1.82) is 0 Å². The molecule has 3 rings (SSSR count). The quantitative estimate of drug-likeness (QED) is 0.754. The average molecular weight is 418 g/mol. The molecule has 0 spiro atoms. The van der Waals surface area contributed by atoms with Crippen LogP contribution in [0.2, 0.25) is 0 Å². The van der Waals surface area contributed by atoms with Crippen molar-refractivity contribution in [1.82, 2.24) is 15.2 Å². The van der Waals surface area contributed by atoms with E-state index in [4.69, 9.17) is 4.98 Å². The number of fused-ring (bicyclic) bond motifs is 1. The van der Waals surface area contributed by atoms with Crippen LogP contribution in [0.15, 0.2) is 24.3 Å². The smallest absolute Gasteiger partial charge is 0.277 e. The minimum absolute atomic E-state index is 0.00635. The van der Waals surface area contributed by atoms with Crippen molar-refractivity contribution in [2.75, 3.05) is 32.7 Å². The number of nitrogens with zero attached hydrogens (tertiary/aromatic N) is 2. The molecule has 1 aliphatic heterocycles. The molecule has 2 amide bonds. The van der Waals surface area contributed by atoms with Gasteiger partial charge in [0.25, 0.3) is 11.8 Å². The number of likely N-dealkylation sites (N-methyl/N-ethyl adjacent to an activating group) is 1. The van der Waals surface area contributed by atoms with E-state index in [0.717, 1.165) is 47.9 Å². The van der Waals surface area contributed by atoms with Gasteiger partial charge < -0.3 is 15.1 Å². The van der Waals surface area contributed by atoms with Crippen LogP contribution in [-0.2, 0) is 9.59 Å². The number of carbonyl (C=O) groups is 2. The molecule has 2 N–H and O–H groups in total. The molecule has 1 saturated heterocycles. The van der Waals surface area contributed by atoms with Gasteiger partial charge in [-0.05, 0) is 52.7 Å². The van der Waals surface area contributed by atoms with Crippen molar-refractivity contribution >= 4 is 33.4 Å². The number of aromatic nitrogens is 1. The van der Waals surface area contributed by atoms with Crippen LogP contribution in [0, 0.1) is 0 Å². The standard InChI is InChI=1S/C22H32N4O2S/c1-5-25(14-19(27)24-22(2,3)4)15-20(28)26-12-8-9-16(13-26)21-23-17-10-6-7-11-18(17)29-21/h6-7,10-11,16H,5,8-9,12-15H2,1-4H3,(H,24,27)/p+1/t16-/m0/s1. The Morgan fingerprint density at radius 1 is 1.28 bits per heavy atom. The van der Waals surface area contributed by atoms with Gasteiger partial charge >= 0.3 is 0 Å². The van der Waals surface area contributed by atoms with E-state index in [-0.39, 0.29) is 17.4 Å². The number of rotatable bonds is 6. The van der Waals surface area contributed by atoms with Crippen LogP contribution in [-0.4, -0.2) is 60.0 Å². The van der Waals surface area contributed by atoms with Crippen LogP contribution in [0.25, 0.3) is 10.2 Å². The zero-order valence-electron chi connectivity index (χ0n) is 18.0. The van der Waals surface area contributed by atoms with Crippen LogP contribution < -0.4 is 10.2 Å². The van der Waals surface area contributed by atoms with Crippen molar-refractivity contribution in [3.63, 3.8) is 0 Å². The fourth-order valence-electron chi connectivity index (χ4n) is 3.80. The third-order valence-electron chi connectivity index (χ3n) is 5.26. The first-order valence-corrected chi connectivity index (χ1v) is 11.3. The number of amides is 2. The van der Waals surface area contributed by atoms with E-state index in [2.05, 4.69) is 11.4 Å². The van der Waals surface area contributed by atoms with Crippen molar-refractivity contribution in [2.45, 2.75) is 52.0 Å². The molecule has 0 aliphatic carbocycles. The Bertz CT molecular complexity index is 825. The topological polar surface area (TPSA) is 66.7 Å². The second-order valence-corrected chi connectivity index (χ2v) is 10.0. The van der Waals surface area contributed by atoms with E-state index in [1.807, 2.05) is 50.8 Å². The van der Waals surface area contributed by atoms with Gasteiger partial charge in [-0.25, -0.2) is 4.98 Å². The van der Waals surface area contributed by atoms with Gasteiger partial charge in [-0.3, -0.25) is 9.59 Å². The SMILES string of the molecule is CC[NH+](CC(=O)NC(C)(C)C)CC(=O)N1CCC[C@H](c2nc3ccccc3s2)C1. The lowest BCUT2D eigenvalue weighted by molar-refractivity contribution is -0.882. The summed E-state index contributed by atoms with van der Waals surface area (Å²) >= 11 is 1.74. The Morgan fingerprint density at radius 3 is 2.72 bits per heavy atom. The highest BCUT2D eigenvalue weighted by Gasteiger charge is 2.29. The Morgan fingerprint density at radius 2 is 2.03 bits per heavy atom. The molecule has 1 aromatic heterocycles. The number of likely N-dealkylation sites (tertiary alicyclic amines) is 1. The first kappa shape index (κ1) is 21.7. The summed E-state index contributed by atoms with van der Waals surface area (Å²) in [5.74, 6) is 0.434. The largest absolute Gasteiger partial charge is 0.347 e. The van der Waals surface area contributed by atoms with Gasteiger partial charge in [0, 0.05) is 24.5 Å². The monoisotopic (exact) mass is 417 g/mol. The molecule has 158 valence electrons. The summed E-state index contributed by atoms with van der Waals surface area (Å²) in [6, 6.07) is 8.21. The summed E-state index contributed by atoms with van der Waals surface area (Å²) in [4.78, 5) is 33.0. The van der Waals surface area contributed by atoms with Crippen molar-refractivity contribution in [2.24, 2.45) is 0 Å². The van der Waals surface area contributed by atoms with Gasteiger partial charge in [-0.1, -0.05) is 12.1 Å². The zero-order chi connectivity index (χ0) is 21.0. The number of quaternary nitrogens is 1. The van der Waals surface area contributed by atoms with E-state index < -0.39 is 0 Å². The van der Waals surface area contributed by atoms with Gasteiger partial charge in [-0.15, -0.1) is 11.3 Å². The third-order valence-corrected chi connectivity index (χ3v) is 6.46. The first-order valence-electron chi connectivity index (χ1n) is 10.5. The third kappa shape index (κ3) is 6.00. The molecule has 29 heavy (non-hydrogen) atoms. The summed E-state index contributed by atoms with van der Waals surface area (Å²) in [7, 11) is 0. The van der Waals surface area contributed by atoms with E-state index >= 15 is 0 Å². The number of para-hydroxylation sites is 1. The zero-order valence-corrected chi connectivity index (χ0v) is 18.8. The van der Waals surface area contributed by atoms with Crippen LogP contribution in [0.5, 0.6) is 0 Å². The molecule has 0 bridgehead atoms. The second-order valence-electron chi connectivity index (χ2n) is 8.95. The molecule has 7 heteroatoms. The Labute approximate surface area is 177 Å². The lowest BCUT2D eigenvalue weighted by Gasteiger charge is -2.32. The molecular formula is C22H33N4O2S+. The van der Waals surface area contributed by atoms with Crippen molar-refractivity contribution in [3.05, 3.63) is 29.3 Å². The molecule has 0 radical (unpaired) electrons. The van der Waals surface area contributed by atoms with E-state index in [0.29, 0.717) is 19.0 Å². The van der Waals surface area contributed by atoms with E-state index in [1.54, 1.807) is 11.3 Å². The lowest BCUT2D eigenvalue weighted by Crippen LogP contribution is -3.14. The fourth-order valence-corrected chi connectivity index (χ4v) is 4.89. The highest BCUT2D eigenvalue weighted by Crippen LogP contribution is 2.32. The lowest BCUT2D eigenvalue weighted by atomic mass is 9.98. The van der Waals surface area contributed by atoms with Gasteiger partial charge in [0.1, 0.15) is 0 Å². The maximum Gasteiger partial charge on any atom is 0.277 e. The molecule has 1 aliphatic rings. The molecule has 2 heterocycles. The molecule has 1 fully saturated rings. The van der Waals surface area contributed by atoms with Gasteiger partial charge in [-0.2, -0.15) is 0 Å². The second kappa shape index (κ2) is 9.22. The number of benzene rings is 1. The molecule has 6 nitrogen and oxygen atoms in total. The van der Waals surface area contributed by atoms with Gasteiger partial charge in [0.2, 0.25) is 0 Å². The minimum atomic E-state index is -0.253. The molecule has 2 aromatic rings. The summed E-state index contributed by atoms with van der Waals surface area (Å²) < 4.78 is 1.21. The Hall–Kier alpha value is -1.99. The highest BCUT2D eigenvalue weighted by molar-refractivity contribution is 7.18. The molecule has 2 atom stereocenters. The highest BCUT2D eigenvalue weighted by atomic mass is 32.1. The predicted molar refractivity (Wildman–Crippen MR) is 117 cm³/mol. The summed E-state index contributed by atoms with van der Waals surface area (Å²) in [5, 5.41) is 4.12. The number of piperidine rings is 1. The Kier molecular flexibility index (Phi) is 6.90. The van der Waals surface area contributed by atoms with Crippen LogP contribution in [0.4, 0.5) is 0 Å². The number of hydrogen-bond donors (Lipinski definition) is 2. The van der Waals surface area contributed by atoms with Crippen molar-refractivity contribution in [3.8, 4) is 0 Å². The van der Waals surface area contributed by atoms with Crippen LogP contribution >= 0.6 is 11.3 Å². The first-order chi connectivity index (χ1) is 13.7. The van der Waals surface area contributed by atoms with Gasteiger partial charge in [0.05, 0.1) is 21.8 Å². The number of thiazole rings is 1. The predicted octanol–water partition coefficient (Wildman–Crippen LogP) is 1.82. The van der Waals surface area contributed by atoms with E-state index in [9.17, 15) is 9.59 Å². The van der Waals surface area contributed by atoms with Crippen molar-refractivity contribution < 1.29 is 14.5 Å². The van der Waals surface area contributed by atoms with Crippen LogP contribution in [0.3, 0.4) is 0 Å². The van der Waals surface area contributed by atoms with Gasteiger partial charge in [0.15, 0.2) is 13.1 Å². The number of carbonyl (C=O) groups excluding carboxylic acids is 2. The maximum absolute atomic E-state index is 12.9. The molecule has 1 aromatic carbocycles. The average Bonchev–Trinajstić information content (AvgIpc) is 3.10. The fraction of sp³-hybridized carbons (Fsp3) is 0.591. The molecule has 1 unspecified atom stereocenters. The summed E-state index contributed by atoms with van der Waals surface area (Å²) in [5.41, 5.74) is 0.791. The summed E-state index contributed by atoms with van der Waals surface area (Å²) in [6.45, 7) is 10.9. The van der Waals surface area contributed by atoms with Crippen LogP contribution in [0.1, 0.15) is 51.5 Å². The number of hydrogen-bond acceptors (Lipinski definition) is 4.